The molecule has 1 aliphatic heterocycles. The van der Waals surface area contributed by atoms with Gasteiger partial charge in [0.05, 0.1) is 13.2 Å². The molecule has 0 spiro atoms. The van der Waals surface area contributed by atoms with E-state index in [2.05, 4.69) is 0 Å². The molecular weight excluding hydrogens is 160 g/mol. The van der Waals surface area contributed by atoms with Gasteiger partial charge >= 0.3 is 0 Å². The highest BCUT2D eigenvalue weighted by molar-refractivity contribution is 6.21. The van der Waals surface area contributed by atoms with E-state index in [1.807, 2.05) is 0 Å². The van der Waals surface area contributed by atoms with E-state index in [9.17, 15) is 0 Å². The summed E-state index contributed by atoms with van der Waals surface area (Å²) in [5.41, 5.74) is 0. The fraction of sp³-hybridized carbons (Fsp3) is 1.00. The highest BCUT2D eigenvalue weighted by Crippen LogP contribution is 2.56. The van der Waals surface area contributed by atoms with Crippen LogP contribution in [0.1, 0.15) is 12.8 Å². The lowest BCUT2D eigenvalue weighted by Crippen LogP contribution is -2.27. The number of halogens is 1. The highest BCUT2D eigenvalue weighted by Gasteiger charge is 2.54. The molecular formula is C9H13ClO. The zero-order chi connectivity index (χ0) is 7.42. The van der Waals surface area contributed by atoms with Crippen LogP contribution in [-0.2, 0) is 4.74 Å². The Balaban J connectivity index is 1.90. The summed E-state index contributed by atoms with van der Waals surface area (Å²) in [6, 6.07) is 0. The molecule has 11 heavy (non-hydrogen) atoms. The molecule has 3 fully saturated rings. The molecule has 0 aromatic rings. The van der Waals surface area contributed by atoms with Crippen LogP contribution in [0.2, 0.25) is 0 Å². The Bertz CT molecular complexity index is 182. The topological polar surface area (TPSA) is 9.23 Å². The monoisotopic (exact) mass is 172 g/mol. The second-order valence-corrected chi connectivity index (χ2v) is 4.84. The van der Waals surface area contributed by atoms with Crippen LogP contribution in [0.15, 0.2) is 0 Å². The minimum atomic E-state index is 0.475. The number of alkyl halides is 1. The molecule has 0 aromatic heterocycles. The Hall–Kier alpha value is 0.250. The first-order valence-electron chi connectivity index (χ1n) is 4.58. The van der Waals surface area contributed by atoms with Crippen LogP contribution in [0.25, 0.3) is 0 Å². The minimum absolute atomic E-state index is 0.475. The van der Waals surface area contributed by atoms with Gasteiger partial charge in [0, 0.05) is 5.38 Å². The van der Waals surface area contributed by atoms with Gasteiger partial charge in [-0.3, -0.25) is 0 Å². The van der Waals surface area contributed by atoms with Gasteiger partial charge in [0.25, 0.3) is 0 Å². The number of ether oxygens (including phenoxy) is 1. The van der Waals surface area contributed by atoms with E-state index in [4.69, 9.17) is 16.3 Å². The van der Waals surface area contributed by atoms with E-state index in [0.29, 0.717) is 5.38 Å². The van der Waals surface area contributed by atoms with E-state index in [1.165, 1.54) is 12.8 Å². The standard InChI is InChI=1S/C9H13ClO/c10-9-2-5-1-6(9)8-4-11-3-7(5)8/h5-9H,1-4H2. The van der Waals surface area contributed by atoms with Crippen molar-refractivity contribution < 1.29 is 4.74 Å². The molecule has 3 rings (SSSR count). The molecule has 1 heterocycles. The summed E-state index contributed by atoms with van der Waals surface area (Å²) >= 11 is 6.22. The van der Waals surface area contributed by atoms with Crippen LogP contribution in [-0.4, -0.2) is 18.6 Å². The summed E-state index contributed by atoms with van der Waals surface area (Å²) in [7, 11) is 0. The van der Waals surface area contributed by atoms with Crippen LogP contribution in [0.5, 0.6) is 0 Å². The normalized spacial score (nSPS) is 60.3. The Morgan fingerprint density at radius 1 is 1.00 bits per heavy atom. The molecule has 0 amide bonds. The maximum absolute atomic E-state index is 6.22. The van der Waals surface area contributed by atoms with Crippen molar-refractivity contribution in [1.29, 1.82) is 0 Å². The third kappa shape index (κ3) is 0.762. The molecule has 0 N–H and O–H groups in total. The largest absolute Gasteiger partial charge is 0.381 e. The average molecular weight is 173 g/mol. The Kier molecular flexibility index (Phi) is 1.31. The third-order valence-corrected chi connectivity index (χ3v) is 4.40. The van der Waals surface area contributed by atoms with Gasteiger partial charge in [-0.15, -0.1) is 11.6 Å². The first-order valence-corrected chi connectivity index (χ1v) is 5.01. The van der Waals surface area contributed by atoms with Crippen LogP contribution in [0.3, 0.4) is 0 Å². The van der Waals surface area contributed by atoms with E-state index < -0.39 is 0 Å². The zero-order valence-electron chi connectivity index (χ0n) is 6.50. The molecule has 2 aliphatic carbocycles. The summed E-state index contributed by atoms with van der Waals surface area (Å²) in [4.78, 5) is 0. The first kappa shape index (κ1) is 6.73. The number of fused-ring (bicyclic) bond motifs is 5. The van der Waals surface area contributed by atoms with Crippen LogP contribution in [0.4, 0.5) is 0 Å². The molecule has 5 unspecified atom stereocenters. The van der Waals surface area contributed by atoms with Gasteiger partial charge in [0.15, 0.2) is 0 Å². The van der Waals surface area contributed by atoms with Gasteiger partial charge in [-0.25, -0.2) is 0 Å². The van der Waals surface area contributed by atoms with Gasteiger partial charge < -0.3 is 4.74 Å². The van der Waals surface area contributed by atoms with Crippen molar-refractivity contribution in [2.24, 2.45) is 23.7 Å². The number of rotatable bonds is 0. The van der Waals surface area contributed by atoms with E-state index in [1.54, 1.807) is 0 Å². The SMILES string of the molecule is ClC1CC2CC1C1COCC21. The van der Waals surface area contributed by atoms with Crippen molar-refractivity contribution in [3.8, 4) is 0 Å². The lowest BCUT2D eigenvalue weighted by Gasteiger charge is -2.25. The maximum atomic E-state index is 6.22. The maximum Gasteiger partial charge on any atom is 0.0501 e. The molecule has 62 valence electrons. The summed E-state index contributed by atoms with van der Waals surface area (Å²) in [6.07, 6.45) is 2.66. The molecule has 2 bridgehead atoms. The Labute approximate surface area is 72.1 Å². The quantitative estimate of drug-likeness (QED) is 0.508. The van der Waals surface area contributed by atoms with Crippen molar-refractivity contribution in [2.45, 2.75) is 18.2 Å². The summed E-state index contributed by atoms with van der Waals surface area (Å²) < 4.78 is 5.48. The van der Waals surface area contributed by atoms with Gasteiger partial charge in [-0.1, -0.05) is 0 Å². The predicted octanol–water partition coefficient (Wildman–Crippen LogP) is 1.90. The van der Waals surface area contributed by atoms with Gasteiger partial charge in [-0.05, 0) is 36.5 Å². The van der Waals surface area contributed by atoms with E-state index in [-0.39, 0.29) is 0 Å². The summed E-state index contributed by atoms with van der Waals surface area (Å²) in [5, 5.41) is 0.475. The van der Waals surface area contributed by atoms with E-state index in [0.717, 1.165) is 36.9 Å². The van der Waals surface area contributed by atoms with Gasteiger partial charge in [0.2, 0.25) is 0 Å². The molecule has 2 saturated carbocycles. The molecule has 0 aromatic carbocycles. The number of hydrogen-bond donors (Lipinski definition) is 0. The molecule has 1 nitrogen and oxygen atoms in total. The molecule has 5 atom stereocenters. The van der Waals surface area contributed by atoms with E-state index >= 15 is 0 Å². The Morgan fingerprint density at radius 2 is 1.82 bits per heavy atom. The van der Waals surface area contributed by atoms with Crippen LogP contribution >= 0.6 is 11.6 Å². The lowest BCUT2D eigenvalue weighted by molar-refractivity contribution is 0.164. The Morgan fingerprint density at radius 3 is 2.73 bits per heavy atom. The van der Waals surface area contributed by atoms with Crippen molar-refractivity contribution in [3.63, 3.8) is 0 Å². The highest BCUT2D eigenvalue weighted by atomic mass is 35.5. The summed E-state index contributed by atoms with van der Waals surface area (Å²) in [6.45, 7) is 2.02. The molecule has 1 saturated heterocycles. The second-order valence-electron chi connectivity index (χ2n) is 4.28. The third-order valence-electron chi connectivity index (χ3n) is 3.89. The smallest absolute Gasteiger partial charge is 0.0501 e. The average Bonchev–Trinajstić information content (AvgIpc) is 2.52. The number of hydrogen-bond acceptors (Lipinski definition) is 1. The minimum Gasteiger partial charge on any atom is -0.381 e. The molecule has 3 aliphatic rings. The summed E-state index contributed by atoms with van der Waals surface area (Å²) in [5.74, 6) is 3.43. The van der Waals surface area contributed by atoms with Gasteiger partial charge in [0.1, 0.15) is 0 Å². The van der Waals surface area contributed by atoms with Crippen LogP contribution in [0, 0.1) is 23.7 Å². The second kappa shape index (κ2) is 2.14. The fourth-order valence-electron chi connectivity index (χ4n) is 3.36. The van der Waals surface area contributed by atoms with Crippen molar-refractivity contribution in [2.75, 3.05) is 13.2 Å². The van der Waals surface area contributed by atoms with Crippen LogP contribution < -0.4 is 0 Å². The first-order chi connectivity index (χ1) is 5.36. The molecule has 2 heteroatoms. The van der Waals surface area contributed by atoms with Gasteiger partial charge in [-0.2, -0.15) is 0 Å². The van der Waals surface area contributed by atoms with Crippen molar-refractivity contribution in [3.05, 3.63) is 0 Å². The fourth-order valence-corrected chi connectivity index (χ4v) is 3.88. The van der Waals surface area contributed by atoms with Crippen molar-refractivity contribution >= 4 is 11.6 Å². The predicted molar refractivity (Wildman–Crippen MR) is 43.7 cm³/mol. The van der Waals surface area contributed by atoms with Crippen molar-refractivity contribution in [1.82, 2.24) is 0 Å². The lowest BCUT2D eigenvalue weighted by atomic mass is 9.82. The zero-order valence-corrected chi connectivity index (χ0v) is 7.26. The molecule has 0 radical (unpaired) electrons.